The molecule has 0 fully saturated rings. The number of halogens is 5. The molecule has 1 rings (SSSR count). The highest BCUT2D eigenvalue weighted by atomic mass is 35.5. The van der Waals surface area contributed by atoms with Gasteiger partial charge in [-0.05, 0) is 12.1 Å². The van der Waals surface area contributed by atoms with E-state index in [1.165, 1.54) is 12.1 Å². The van der Waals surface area contributed by atoms with Gasteiger partial charge >= 0.3 is 13.2 Å². The lowest BCUT2D eigenvalue weighted by Crippen LogP contribution is -2.12. The Balaban J connectivity index is 3.17. The molecule has 0 aromatic heterocycles. The Bertz CT molecular complexity index is 440. The zero-order valence-electron chi connectivity index (χ0n) is 9.42. The summed E-state index contributed by atoms with van der Waals surface area (Å²) in [6, 6.07) is 3.39. The Kier molecular flexibility index (Phi) is 5.88. The second-order valence-corrected chi connectivity index (χ2v) is 3.63. The molecule has 106 valence electrons. The average Bonchev–Trinajstić information content (AvgIpc) is 2.30. The Hall–Kier alpha value is -1.50. The van der Waals surface area contributed by atoms with Crippen molar-refractivity contribution in [2.45, 2.75) is 19.6 Å². The Morgan fingerprint density at radius 2 is 1.79 bits per heavy atom. The fourth-order valence-electron chi connectivity index (χ4n) is 1.36. The minimum absolute atomic E-state index is 0.0348. The predicted octanol–water partition coefficient (Wildman–Crippen LogP) is 3.70. The SMILES string of the molecule is O=C(CCCl)c1cccc(OC(F)F)c1OC(F)F. The highest BCUT2D eigenvalue weighted by Gasteiger charge is 2.21. The summed E-state index contributed by atoms with van der Waals surface area (Å²) in [5.74, 6) is -1.98. The van der Waals surface area contributed by atoms with Crippen molar-refractivity contribution >= 4 is 17.4 Å². The molecule has 0 radical (unpaired) electrons. The fourth-order valence-corrected chi connectivity index (χ4v) is 1.53. The van der Waals surface area contributed by atoms with Gasteiger partial charge in [-0.2, -0.15) is 17.6 Å². The molecule has 8 heteroatoms. The summed E-state index contributed by atoms with van der Waals surface area (Å²) in [6.45, 7) is -6.50. The maximum atomic E-state index is 12.3. The van der Waals surface area contributed by atoms with Crippen LogP contribution in [0.1, 0.15) is 16.8 Å². The minimum Gasteiger partial charge on any atom is -0.431 e. The number of Topliss-reactive ketones (excluding diaryl/α,β-unsaturated/α-hetero) is 1. The first kappa shape index (κ1) is 15.6. The van der Waals surface area contributed by atoms with Gasteiger partial charge in [0.2, 0.25) is 0 Å². The highest BCUT2D eigenvalue weighted by molar-refractivity contribution is 6.19. The number of hydrogen-bond acceptors (Lipinski definition) is 3. The molecular formula is C11H9ClF4O3. The van der Waals surface area contributed by atoms with Crippen molar-refractivity contribution in [3.05, 3.63) is 23.8 Å². The third-order valence-electron chi connectivity index (χ3n) is 2.02. The average molecular weight is 301 g/mol. The molecule has 1 aromatic carbocycles. The van der Waals surface area contributed by atoms with Crippen LogP contribution in [0.3, 0.4) is 0 Å². The van der Waals surface area contributed by atoms with Crippen LogP contribution in [0, 0.1) is 0 Å². The maximum Gasteiger partial charge on any atom is 0.387 e. The summed E-state index contributed by atoms with van der Waals surface area (Å²) in [6.07, 6.45) is -0.140. The number of alkyl halides is 5. The summed E-state index contributed by atoms with van der Waals surface area (Å²) >= 11 is 5.37. The van der Waals surface area contributed by atoms with Crippen molar-refractivity contribution < 1.29 is 31.8 Å². The lowest BCUT2D eigenvalue weighted by atomic mass is 10.1. The topological polar surface area (TPSA) is 35.5 Å². The number of rotatable bonds is 7. The van der Waals surface area contributed by atoms with Crippen LogP contribution >= 0.6 is 11.6 Å². The van der Waals surface area contributed by atoms with Crippen molar-refractivity contribution in [3.8, 4) is 11.5 Å². The third-order valence-corrected chi connectivity index (χ3v) is 2.21. The molecule has 0 saturated heterocycles. The van der Waals surface area contributed by atoms with Gasteiger partial charge in [-0.15, -0.1) is 11.6 Å². The van der Waals surface area contributed by atoms with E-state index in [4.69, 9.17) is 11.6 Å². The summed E-state index contributed by atoms with van der Waals surface area (Å²) in [4.78, 5) is 11.6. The largest absolute Gasteiger partial charge is 0.431 e. The van der Waals surface area contributed by atoms with Crippen LogP contribution in [0.15, 0.2) is 18.2 Å². The zero-order valence-corrected chi connectivity index (χ0v) is 10.2. The lowest BCUT2D eigenvalue weighted by molar-refractivity contribution is -0.0694. The zero-order chi connectivity index (χ0) is 14.4. The lowest BCUT2D eigenvalue weighted by Gasteiger charge is -2.14. The molecule has 0 N–H and O–H groups in total. The summed E-state index contributed by atoms with van der Waals surface area (Å²) < 4.78 is 57.0. The van der Waals surface area contributed by atoms with Crippen molar-refractivity contribution in [1.82, 2.24) is 0 Å². The van der Waals surface area contributed by atoms with Crippen molar-refractivity contribution in [2.24, 2.45) is 0 Å². The number of hydrogen-bond donors (Lipinski definition) is 0. The molecule has 0 saturated carbocycles. The first-order valence-corrected chi connectivity index (χ1v) is 5.61. The molecule has 0 heterocycles. The standard InChI is InChI=1S/C11H9ClF4O3/c12-5-4-7(17)6-2-1-3-8(18-10(13)14)9(6)19-11(15)16/h1-3,10-11H,4-5H2. The summed E-state index contributed by atoms with van der Waals surface area (Å²) in [5, 5.41) is 0. The smallest absolute Gasteiger partial charge is 0.387 e. The molecule has 1 aromatic rings. The molecule has 0 bridgehead atoms. The number of para-hydroxylation sites is 1. The van der Waals surface area contributed by atoms with E-state index in [0.29, 0.717) is 0 Å². The summed E-state index contributed by atoms with van der Waals surface area (Å²) in [7, 11) is 0. The van der Waals surface area contributed by atoms with Gasteiger partial charge < -0.3 is 9.47 Å². The van der Waals surface area contributed by atoms with Gasteiger partial charge in [-0.3, -0.25) is 4.79 Å². The number of benzene rings is 1. The van der Waals surface area contributed by atoms with Crippen LogP contribution in [0.5, 0.6) is 11.5 Å². The van der Waals surface area contributed by atoms with Crippen LogP contribution in [0.4, 0.5) is 17.6 Å². The Labute approximate surface area is 111 Å². The van der Waals surface area contributed by atoms with E-state index in [1.54, 1.807) is 0 Å². The molecule has 0 aliphatic carbocycles. The van der Waals surface area contributed by atoms with E-state index in [2.05, 4.69) is 9.47 Å². The maximum absolute atomic E-state index is 12.3. The highest BCUT2D eigenvalue weighted by Crippen LogP contribution is 2.34. The second-order valence-electron chi connectivity index (χ2n) is 3.25. The monoisotopic (exact) mass is 300 g/mol. The molecule has 0 aliphatic heterocycles. The Morgan fingerprint density at radius 3 is 2.32 bits per heavy atom. The molecule has 0 aliphatic rings. The normalized spacial score (nSPS) is 10.9. The van der Waals surface area contributed by atoms with Gasteiger partial charge in [0.1, 0.15) is 0 Å². The predicted molar refractivity (Wildman–Crippen MR) is 59.4 cm³/mol. The number of carbonyl (C=O) groups is 1. The molecule has 0 atom stereocenters. The van der Waals surface area contributed by atoms with E-state index in [0.717, 1.165) is 6.07 Å². The molecule has 0 unspecified atom stereocenters. The minimum atomic E-state index is -3.27. The number of carbonyl (C=O) groups excluding carboxylic acids is 1. The van der Waals surface area contributed by atoms with Crippen molar-refractivity contribution in [2.75, 3.05) is 5.88 Å². The van der Waals surface area contributed by atoms with E-state index >= 15 is 0 Å². The van der Waals surface area contributed by atoms with E-state index in [9.17, 15) is 22.4 Å². The van der Waals surface area contributed by atoms with Gasteiger partial charge in [0.25, 0.3) is 0 Å². The molecule has 0 spiro atoms. The van der Waals surface area contributed by atoms with E-state index < -0.39 is 30.5 Å². The van der Waals surface area contributed by atoms with Crippen LogP contribution in [-0.2, 0) is 0 Å². The van der Waals surface area contributed by atoms with Gasteiger partial charge in [-0.25, -0.2) is 0 Å². The molecule has 0 amide bonds. The molecular weight excluding hydrogens is 292 g/mol. The summed E-state index contributed by atoms with van der Waals surface area (Å²) in [5.41, 5.74) is -0.279. The first-order chi connectivity index (χ1) is 8.95. The fraction of sp³-hybridized carbons (Fsp3) is 0.364. The number of ether oxygens (including phenoxy) is 2. The quantitative estimate of drug-likeness (QED) is 0.437. The Morgan fingerprint density at radius 1 is 1.16 bits per heavy atom. The second kappa shape index (κ2) is 7.18. The van der Waals surface area contributed by atoms with E-state index in [-0.39, 0.29) is 17.9 Å². The number of ketones is 1. The third kappa shape index (κ3) is 4.59. The van der Waals surface area contributed by atoms with E-state index in [1.807, 2.05) is 0 Å². The van der Waals surface area contributed by atoms with Gasteiger partial charge in [0.15, 0.2) is 17.3 Å². The first-order valence-electron chi connectivity index (χ1n) is 5.07. The van der Waals surface area contributed by atoms with Gasteiger partial charge in [0, 0.05) is 12.3 Å². The van der Waals surface area contributed by atoms with Gasteiger partial charge in [0.05, 0.1) is 5.56 Å². The van der Waals surface area contributed by atoms with Crippen LogP contribution in [0.25, 0.3) is 0 Å². The van der Waals surface area contributed by atoms with Crippen molar-refractivity contribution in [3.63, 3.8) is 0 Å². The van der Waals surface area contributed by atoms with Crippen molar-refractivity contribution in [1.29, 1.82) is 0 Å². The molecule has 19 heavy (non-hydrogen) atoms. The van der Waals surface area contributed by atoms with Gasteiger partial charge in [-0.1, -0.05) is 6.07 Å². The van der Waals surface area contributed by atoms with Crippen LogP contribution < -0.4 is 9.47 Å². The molecule has 3 nitrogen and oxygen atoms in total. The van der Waals surface area contributed by atoms with Crippen LogP contribution in [-0.4, -0.2) is 24.9 Å². The van der Waals surface area contributed by atoms with Crippen LogP contribution in [0.2, 0.25) is 0 Å².